The summed E-state index contributed by atoms with van der Waals surface area (Å²) in [5, 5.41) is 5.89. The van der Waals surface area contributed by atoms with Crippen molar-refractivity contribution in [2.24, 2.45) is 0 Å². The highest BCUT2D eigenvalue weighted by molar-refractivity contribution is 6.32. The summed E-state index contributed by atoms with van der Waals surface area (Å²) in [4.78, 5) is 23.4. The van der Waals surface area contributed by atoms with E-state index in [1.54, 1.807) is 19.1 Å². The van der Waals surface area contributed by atoms with Gasteiger partial charge in [-0.05, 0) is 45.4 Å². The lowest BCUT2D eigenvalue weighted by Gasteiger charge is -2.16. The first-order valence-corrected chi connectivity index (χ1v) is 7.67. The van der Waals surface area contributed by atoms with Crippen LogP contribution in [0.3, 0.4) is 0 Å². The molecule has 0 unspecified atom stereocenters. The third kappa shape index (κ3) is 6.35. The maximum Gasteiger partial charge on any atom is 0.260 e. The van der Waals surface area contributed by atoms with Crippen LogP contribution >= 0.6 is 11.6 Å². The Kier molecular flexibility index (Phi) is 7.18. The molecule has 1 atom stereocenters. The molecule has 0 aromatic heterocycles. The maximum absolute atomic E-state index is 11.9. The first-order chi connectivity index (χ1) is 10.3. The fourth-order valence-corrected chi connectivity index (χ4v) is 1.94. The number of benzene rings is 1. The normalized spacial score (nSPS) is 11.9. The second-order valence-electron chi connectivity index (χ2n) is 5.46. The molecule has 2 amide bonds. The van der Waals surface area contributed by atoms with E-state index >= 15 is 0 Å². The molecular formula is C16H23ClN2O3. The predicted octanol–water partition coefficient (Wildman–Crippen LogP) is 2.45. The van der Waals surface area contributed by atoms with Gasteiger partial charge in [0.05, 0.1) is 5.02 Å². The quantitative estimate of drug-likeness (QED) is 0.808. The smallest absolute Gasteiger partial charge is 0.260 e. The first-order valence-electron chi connectivity index (χ1n) is 7.29. The van der Waals surface area contributed by atoms with Crippen LogP contribution in [-0.4, -0.2) is 30.5 Å². The van der Waals surface area contributed by atoms with Crippen molar-refractivity contribution in [1.82, 2.24) is 10.6 Å². The molecule has 0 aliphatic heterocycles. The van der Waals surface area contributed by atoms with Crippen molar-refractivity contribution in [2.45, 2.75) is 46.3 Å². The standard InChI is InChI=1S/C16H23ClN2O3/c1-10(2)19-15(20)7-8-18-16(21)12(4)22-14-9-11(3)5-6-13(14)17/h5-6,9-10,12H,7-8H2,1-4H3,(H,18,21)(H,19,20)/t12-/m1/s1. The Morgan fingerprint density at radius 2 is 1.95 bits per heavy atom. The summed E-state index contributed by atoms with van der Waals surface area (Å²) in [7, 11) is 0. The highest BCUT2D eigenvalue weighted by Crippen LogP contribution is 2.26. The fraction of sp³-hybridized carbons (Fsp3) is 0.500. The number of rotatable bonds is 7. The largest absolute Gasteiger partial charge is 0.479 e. The van der Waals surface area contributed by atoms with Gasteiger partial charge in [0, 0.05) is 19.0 Å². The van der Waals surface area contributed by atoms with Gasteiger partial charge in [-0.2, -0.15) is 0 Å². The first kappa shape index (κ1) is 18.3. The van der Waals surface area contributed by atoms with Gasteiger partial charge in [0.2, 0.25) is 5.91 Å². The Morgan fingerprint density at radius 3 is 2.59 bits per heavy atom. The summed E-state index contributed by atoms with van der Waals surface area (Å²) >= 11 is 6.03. The van der Waals surface area contributed by atoms with Crippen molar-refractivity contribution in [3.05, 3.63) is 28.8 Å². The van der Waals surface area contributed by atoms with Crippen molar-refractivity contribution < 1.29 is 14.3 Å². The summed E-state index contributed by atoms with van der Waals surface area (Å²) < 4.78 is 5.57. The molecule has 6 heteroatoms. The number of ether oxygens (including phenoxy) is 1. The zero-order valence-corrected chi connectivity index (χ0v) is 14.2. The van der Waals surface area contributed by atoms with Gasteiger partial charge in [-0.15, -0.1) is 0 Å². The van der Waals surface area contributed by atoms with Crippen LogP contribution in [0.2, 0.25) is 5.02 Å². The Labute approximate surface area is 136 Å². The molecule has 22 heavy (non-hydrogen) atoms. The van der Waals surface area contributed by atoms with Gasteiger partial charge < -0.3 is 15.4 Å². The number of nitrogens with one attached hydrogen (secondary N) is 2. The van der Waals surface area contributed by atoms with E-state index in [0.29, 0.717) is 10.8 Å². The molecule has 0 spiro atoms. The van der Waals surface area contributed by atoms with Crippen LogP contribution < -0.4 is 15.4 Å². The molecular weight excluding hydrogens is 304 g/mol. The second kappa shape index (κ2) is 8.63. The van der Waals surface area contributed by atoms with Crippen LogP contribution in [0, 0.1) is 6.92 Å². The highest BCUT2D eigenvalue weighted by Gasteiger charge is 2.16. The van der Waals surface area contributed by atoms with Gasteiger partial charge >= 0.3 is 0 Å². The number of halogens is 1. The van der Waals surface area contributed by atoms with Crippen LogP contribution in [0.15, 0.2) is 18.2 Å². The lowest BCUT2D eigenvalue weighted by Crippen LogP contribution is -2.39. The van der Waals surface area contributed by atoms with E-state index in [0.717, 1.165) is 5.56 Å². The second-order valence-corrected chi connectivity index (χ2v) is 5.86. The Morgan fingerprint density at radius 1 is 1.27 bits per heavy atom. The van der Waals surface area contributed by atoms with E-state index in [1.807, 2.05) is 26.8 Å². The van der Waals surface area contributed by atoms with Crippen molar-refractivity contribution in [2.75, 3.05) is 6.54 Å². The Hall–Kier alpha value is -1.75. The fourth-order valence-electron chi connectivity index (χ4n) is 1.78. The summed E-state index contributed by atoms with van der Waals surface area (Å²) in [6.07, 6.45) is -0.450. The van der Waals surface area contributed by atoms with Gasteiger partial charge in [0.25, 0.3) is 5.91 Å². The number of hydrogen-bond donors (Lipinski definition) is 2. The SMILES string of the molecule is Cc1ccc(Cl)c(O[C@H](C)C(=O)NCCC(=O)NC(C)C)c1. The molecule has 1 aromatic carbocycles. The van der Waals surface area contributed by atoms with Gasteiger partial charge in [0.15, 0.2) is 6.10 Å². The van der Waals surface area contributed by atoms with Crippen molar-refractivity contribution in [3.8, 4) is 5.75 Å². The monoisotopic (exact) mass is 326 g/mol. The summed E-state index contributed by atoms with van der Waals surface area (Å²) in [6.45, 7) is 7.60. The number of carbonyl (C=O) groups is 2. The molecule has 1 rings (SSSR count). The van der Waals surface area contributed by atoms with E-state index in [-0.39, 0.29) is 30.8 Å². The van der Waals surface area contributed by atoms with Crippen LogP contribution in [0.1, 0.15) is 32.8 Å². The molecule has 122 valence electrons. The van der Waals surface area contributed by atoms with Crippen LogP contribution in [0.4, 0.5) is 0 Å². The maximum atomic E-state index is 11.9. The van der Waals surface area contributed by atoms with Crippen molar-refractivity contribution in [3.63, 3.8) is 0 Å². The molecule has 1 aromatic rings. The van der Waals surface area contributed by atoms with E-state index in [1.165, 1.54) is 0 Å². The topological polar surface area (TPSA) is 67.4 Å². The van der Waals surface area contributed by atoms with Gasteiger partial charge in [-0.3, -0.25) is 9.59 Å². The molecule has 0 fully saturated rings. The van der Waals surface area contributed by atoms with Crippen LogP contribution in [0.25, 0.3) is 0 Å². The third-order valence-electron chi connectivity index (χ3n) is 2.86. The zero-order chi connectivity index (χ0) is 16.7. The van der Waals surface area contributed by atoms with E-state index in [2.05, 4.69) is 10.6 Å². The average Bonchev–Trinajstić information content (AvgIpc) is 2.41. The summed E-state index contributed by atoms with van der Waals surface area (Å²) in [6, 6.07) is 5.47. The molecule has 0 saturated heterocycles. The van der Waals surface area contributed by atoms with Crippen molar-refractivity contribution >= 4 is 23.4 Å². The van der Waals surface area contributed by atoms with Gasteiger partial charge in [-0.1, -0.05) is 17.7 Å². The van der Waals surface area contributed by atoms with Crippen LogP contribution in [-0.2, 0) is 9.59 Å². The minimum atomic E-state index is -0.688. The lowest BCUT2D eigenvalue weighted by molar-refractivity contribution is -0.127. The van der Waals surface area contributed by atoms with Crippen molar-refractivity contribution in [1.29, 1.82) is 0 Å². The minimum absolute atomic E-state index is 0.0916. The van der Waals surface area contributed by atoms with E-state index in [9.17, 15) is 9.59 Å². The summed E-state index contributed by atoms with van der Waals surface area (Å²) in [5.74, 6) is 0.0994. The number of hydrogen-bond acceptors (Lipinski definition) is 3. The Balaban J connectivity index is 2.42. The molecule has 0 saturated carbocycles. The van der Waals surface area contributed by atoms with E-state index in [4.69, 9.17) is 16.3 Å². The van der Waals surface area contributed by atoms with Gasteiger partial charge in [0.1, 0.15) is 5.75 Å². The van der Waals surface area contributed by atoms with Crippen LogP contribution in [0.5, 0.6) is 5.75 Å². The average molecular weight is 327 g/mol. The Bertz CT molecular complexity index is 532. The molecule has 2 N–H and O–H groups in total. The zero-order valence-electron chi connectivity index (χ0n) is 13.4. The molecule has 5 nitrogen and oxygen atoms in total. The van der Waals surface area contributed by atoms with E-state index < -0.39 is 6.10 Å². The predicted molar refractivity (Wildman–Crippen MR) is 87.2 cm³/mol. The molecule has 0 radical (unpaired) electrons. The number of aryl methyl sites for hydroxylation is 1. The van der Waals surface area contributed by atoms with Gasteiger partial charge in [-0.25, -0.2) is 0 Å². The molecule has 0 aliphatic carbocycles. The third-order valence-corrected chi connectivity index (χ3v) is 3.17. The lowest BCUT2D eigenvalue weighted by atomic mass is 10.2. The highest BCUT2D eigenvalue weighted by atomic mass is 35.5. The summed E-state index contributed by atoms with van der Waals surface area (Å²) in [5.41, 5.74) is 0.998. The molecule has 0 heterocycles. The minimum Gasteiger partial charge on any atom is -0.479 e. The molecule has 0 aliphatic rings. The number of amides is 2. The number of carbonyl (C=O) groups excluding carboxylic acids is 2. The molecule has 0 bridgehead atoms.